The summed E-state index contributed by atoms with van der Waals surface area (Å²) < 4.78 is 0. The molecule has 1 spiro atoms. The van der Waals surface area contributed by atoms with Crippen LogP contribution < -0.4 is 10.6 Å². The molecule has 0 aromatic carbocycles. The molecule has 1 saturated carbocycles. The van der Waals surface area contributed by atoms with Gasteiger partial charge in [-0.3, -0.25) is 4.79 Å². The largest absolute Gasteiger partial charge is 0.351 e. The second kappa shape index (κ2) is 3.78. The predicted molar refractivity (Wildman–Crippen MR) is 60.6 cm³/mol. The van der Waals surface area contributed by atoms with E-state index in [1.807, 2.05) is 0 Å². The van der Waals surface area contributed by atoms with Crippen molar-refractivity contribution in [2.75, 3.05) is 13.1 Å². The van der Waals surface area contributed by atoms with Gasteiger partial charge >= 0.3 is 0 Å². The lowest BCUT2D eigenvalue weighted by Crippen LogP contribution is -2.57. The number of rotatable bonds is 1. The first-order chi connectivity index (χ1) is 7.08. The molecule has 1 heterocycles. The van der Waals surface area contributed by atoms with E-state index >= 15 is 0 Å². The molecular weight excluding hydrogens is 188 g/mol. The second-order valence-corrected chi connectivity index (χ2v) is 5.40. The average molecular weight is 210 g/mol. The lowest BCUT2D eigenvalue weighted by Gasteiger charge is -2.47. The highest BCUT2D eigenvalue weighted by molar-refractivity contribution is 5.74. The topological polar surface area (TPSA) is 41.1 Å². The van der Waals surface area contributed by atoms with E-state index in [1.54, 1.807) is 6.92 Å². The zero-order valence-electron chi connectivity index (χ0n) is 9.86. The number of nitrogens with one attached hydrogen (secondary N) is 2. The first-order valence-electron chi connectivity index (χ1n) is 6.08. The minimum absolute atomic E-state index is 0.0426. The van der Waals surface area contributed by atoms with Crippen molar-refractivity contribution in [2.24, 2.45) is 5.41 Å². The monoisotopic (exact) mass is 210 g/mol. The lowest BCUT2D eigenvalue weighted by atomic mass is 9.67. The fourth-order valence-electron chi connectivity index (χ4n) is 3.61. The van der Waals surface area contributed by atoms with Crippen molar-refractivity contribution in [1.29, 1.82) is 0 Å². The maximum absolute atomic E-state index is 11.3. The van der Waals surface area contributed by atoms with Gasteiger partial charge in [0.15, 0.2) is 0 Å². The Bertz CT molecular complexity index is 258. The summed E-state index contributed by atoms with van der Waals surface area (Å²) in [7, 11) is 0. The van der Waals surface area contributed by atoms with Crippen LogP contribution in [0.1, 0.15) is 46.0 Å². The molecule has 3 nitrogen and oxygen atoms in total. The molecule has 0 aromatic heterocycles. The number of hydrogen-bond acceptors (Lipinski definition) is 2. The standard InChI is InChI=1S/C12H22N2O/c1-10(15)14-11(2)4-3-5-12(11)6-8-13-9-7-12/h13H,3-9H2,1-2H3,(H,14,15). The van der Waals surface area contributed by atoms with E-state index < -0.39 is 0 Å². The number of carbonyl (C=O) groups excluding carboxylic acids is 1. The van der Waals surface area contributed by atoms with Crippen LogP contribution in [0.25, 0.3) is 0 Å². The van der Waals surface area contributed by atoms with Gasteiger partial charge in [0.1, 0.15) is 0 Å². The summed E-state index contributed by atoms with van der Waals surface area (Å²) in [5.74, 6) is 0.123. The average Bonchev–Trinajstić information content (AvgIpc) is 2.44. The van der Waals surface area contributed by atoms with Crippen LogP contribution in [0.15, 0.2) is 0 Å². The maximum Gasteiger partial charge on any atom is 0.217 e. The van der Waals surface area contributed by atoms with E-state index in [0.717, 1.165) is 19.5 Å². The summed E-state index contributed by atoms with van der Waals surface area (Å²) in [5.41, 5.74) is 0.408. The molecule has 15 heavy (non-hydrogen) atoms. The Morgan fingerprint density at radius 3 is 2.47 bits per heavy atom. The Hall–Kier alpha value is -0.570. The van der Waals surface area contributed by atoms with Crippen LogP contribution in [0, 0.1) is 5.41 Å². The third-order valence-electron chi connectivity index (χ3n) is 4.52. The minimum Gasteiger partial charge on any atom is -0.351 e. The van der Waals surface area contributed by atoms with Crippen molar-refractivity contribution in [1.82, 2.24) is 10.6 Å². The van der Waals surface area contributed by atoms with Crippen molar-refractivity contribution in [3.05, 3.63) is 0 Å². The van der Waals surface area contributed by atoms with Gasteiger partial charge in [-0.1, -0.05) is 6.42 Å². The second-order valence-electron chi connectivity index (χ2n) is 5.40. The van der Waals surface area contributed by atoms with Crippen LogP contribution >= 0.6 is 0 Å². The summed E-state index contributed by atoms with van der Waals surface area (Å²) in [5, 5.41) is 6.63. The fourth-order valence-corrected chi connectivity index (χ4v) is 3.61. The van der Waals surface area contributed by atoms with E-state index in [2.05, 4.69) is 17.6 Å². The third kappa shape index (κ3) is 1.78. The lowest BCUT2D eigenvalue weighted by molar-refractivity contribution is -0.122. The molecule has 0 aromatic rings. The molecule has 0 radical (unpaired) electrons. The zero-order valence-corrected chi connectivity index (χ0v) is 9.86. The quantitative estimate of drug-likeness (QED) is 0.687. The molecule has 1 aliphatic heterocycles. The normalized spacial score (nSPS) is 34.3. The summed E-state index contributed by atoms with van der Waals surface area (Å²) in [6, 6.07) is 0. The van der Waals surface area contributed by atoms with Gasteiger partial charge in [-0.15, -0.1) is 0 Å². The Morgan fingerprint density at radius 2 is 1.87 bits per heavy atom. The molecule has 1 atom stereocenters. The van der Waals surface area contributed by atoms with Crippen LogP contribution in [-0.4, -0.2) is 24.5 Å². The molecule has 2 fully saturated rings. The summed E-state index contributed by atoms with van der Waals surface area (Å²) >= 11 is 0. The maximum atomic E-state index is 11.3. The first-order valence-corrected chi connectivity index (χ1v) is 6.08. The van der Waals surface area contributed by atoms with Gasteiger partial charge in [-0.05, 0) is 51.1 Å². The number of piperidine rings is 1. The van der Waals surface area contributed by atoms with Gasteiger partial charge in [0.05, 0.1) is 0 Å². The molecule has 1 amide bonds. The summed E-state index contributed by atoms with van der Waals surface area (Å²) in [6.45, 7) is 6.09. The van der Waals surface area contributed by atoms with Crippen molar-refractivity contribution in [3.8, 4) is 0 Å². The van der Waals surface area contributed by atoms with E-state index in [0.29, 0.717) is 5.41 Å². The number of amides is 1. The molecule has 2 N–H and O–H groups in total. The Morgan fingerprint density at radius 1 is 1.20 bits per heavy atom. The van der Waals surface area contributed by atoms with Gasteiger partial charge < -0.3 is 10.6 Å². The van der Waals surface area contributed by atoms with E-state index in [-0.39, 0.29) is 11.4 Å². The molecule has 1 unspecified atom stereocenters. The Labute approximate surface area is 92.0 Å². The third-order valence-corrected chi connectivity index (χ3v) is 4.52. The molecule has 86 valence electrons. The van der Waals surface area contributed by atoms with Gasteiger partial charge in [0, 0.05) is 12.5 Å². The van der Waals surface area contributed by atoms with Gasteiger partial charge in [0.2, 0.25) is 5.91 Å². The highest BCUT2D eigenvalue weighted by atomic mass is 16.1. The van der Waals surface area contributed by atoms with Crippen molar-refractivity contribution < 1.29 is 4.79 Å². The van der Waals surface area contributed by atoms with Crippen molar-refractivity contribution in [2.45, 2.75) is 51.5 Å². The number of hydrogen-bond donors (Lipinski definition) is 2. The van der Waals surface area contributed by atoms with Crippen LogP contribution in [0.2, 0.25) is 0 Å². The first kappa shape index (κ1) is 10.9. The van der Waals surface area contributed by atoms with E-state index in [1.165, 1.54) is 25.7 Å². The van der Waals surface area contributed by atoms with E-state index in [4.69, 9.17) is 0 Å². The zero-order chi connectivity index (χ0) is 10.9. The molecule has 0 bridgehead atoms. The van der Waals surface area contributed by atoms with Gasteiger partial charge in [-0.2, -0.15) is 0 Å². The van der Waals surface area contributed by atoms with Crippen LogP contribution in [0.4, 0.5) is 0 Å². The Kier molecular flexibility index (Phi) is 2.75. The van der Waals surface area contributed by atoms with Crippen LogP contribution in [0.3, 0.4) is 0 Å². The van der Waals surface area contributed by atoms with Crippen LogP contribution in [0.5, 0.6) is 0 Å². The SMILES string of the molecule is CC(=O)NC1(C)CCCC12CCNCC2. The van der Waals surface area contributed by atoms with Crippen molar-refractivity contribution >= 4 is 5.91 Å². The predicted octanol–water partition coefficient (Wildman–Crippen LogP) is 1.43. The highest BCUT2D eigenvalue weighted by Crippen LogP contribution is 2.51. The molecule has 1 aliphatic carbocycles. The molecule has 1 saturated heterocycles. The Balaban J connectivity index is 2.18. The molecule has 2 aliphatic rings. The summed E-state index contributed by atoms with van der Waals surface area (Å²) in [4.78, 5) is 11.3. The van der Waals surface area contributed by atoms with Gasteiger partial charge in [-0.25, -0.2) is 0 Å². The van der Waals surface area contributed by atoms with Crippen LogP contribution in [-0.2, 0) is 4.79 Å². The minimum atomic E-state index is 0.0426. The molecule has 3 heteroatoms. The fraction of sp³-hybridized carbons (Fsp3) is 0.917. The molecular formula is C12H22N2O. The van der Waals surface area contributed by atoms with E-state index in [9.17, 15) is 4.79 Å². The smallest absolute Gasteiger partial charge is 0.217 e. The molecule has 2 rings (SSSR count). The van der Waals surface area contributed by atoms with Gasteiger partial charge in [0.25, 0.3) is 0 Å². The van der Waals surface area contributed by atoms with Crippen molar-refractivity contribution in [3.63, 3.8) is 0 Å². The summed E-state index contributed by atoms with van der Waals surface area (Å²) in [6.07, 6.45) is 6.11. The highest BCUT2D eigenvalue weighted by Gasteiger charge is 2.52. The number of carbonyl (C=O) groups is 1.